The number of fused-ring (bicyclic) bond motifs is 1. The molecule has 0 unspecified atom stereocenters. The fourth-order valence-electron chi connectivity index (χ4n) is 2.94. The molecule has 0 fully saturated rings. The zero-order chi connectivity index (χ0) is 19.4. The summed E-state index contributed by atoms with van der Waals surface area (Å²) in [5, 5.41) is 7.92. The van der Waals surface area contributed by atoms with Gasteiger partial charge in [-0.15, -0.1) is 0 Å². The maximum Gasteiger partial charge on any atom is 0.275 e. The van der Waals surface area contributed by atoms with Crippen LogP contribution < -0.4 is 15.6 Å². The van der Waals surface area contributed by atoms with Crippen LogP contribution in [0.4, 0.5) is 0 Å². The van der Waals surface area contributed by atoms with Crippen molar-refractivity contribution in [3.63, 3.8) is 0 Å². The molecule has 0 aliphatic heterocycles. The van der Waals surface area contributed by atoms with Crippen molar-refractivity contribution < 1.29 is 9.53 Å². The predicted molar refractivity (Wildman–Crippen MR) is 104 cm³/mol. The SMILES string of the molecule is CNC(=O)c1nn(CN(C)Cc2ccc(OC)cc2)c(=O)c2ccccc12. The number of ether oxygens (including phenoxy) is 1. The fourth-order valence-corrected chi connectivity index (χ4v) is 2.94. The molecule has 0 bridgehead atoms. The molecule has 2 aromatic carbocycles. The summed E-state index contributed by atoms with van der Waals surface area (Å²) in [4.78, 5) is 27.0. The summed E-state index contributed by atoms with van der Waals surface area (Å²) in [7, 11) is 5.07. The van der Waals surface area contributed by atoms with Crippen LogP contribution in [0.25, 0.3) is 10.8 Å². The number of methoxy groups -OCH3 is 1. The minimum absolute atomic E-state index is 0.222. The first kappa shape index (κ1) is 18.6. The lowest BCUT2D eigenvalue weighted by molar-refractivity contribution is 0.0956. The molecule has 0 spiro atoms. The van der Waals surface area contributed by atoms with Gasteiger partial charge in [0.15, 0.2) is 5.69 Å². The maximum atomic E-state index is 12.8. The second kappa shape index (κ2) is 8.01. The Kier molecular flexibility index (Phi) is 5.52. The Hall–Kier alpha value is -3.19. The van der Waals surface area contributed by atoms with Gasteiger partial charge in [-0.25, -0.2) is 4.68 Å². The molecule has 7 heteroatoms. The third kappa shape index (κ3) is 3.98. The lowest BCUT2D eigenvalue weighted by Gasteiger charge is -2.18. The van der Waals surface area contributed by atoms with Crippen LogP contribution in [-0.4, -0.2) is 41.8 Å². The number of hydrogen-bond acceptors (Lipinski definition) is 5. The summed E-state index contributed by atoms with van der Waals surface area (Å²) in [5.74, 6) is 0.474. The highest BCUT2D eigenvalue weighted by Crippen LogP contribution is 2.14. The number of carbonyl (C=O) groups is 1. The molecule has 1 heterocycles. The maximum absolute atomic E-state index is 12.8. The third-order valence-corrected chi connectivity index (χ3v) is 4.30. The minimum Gasteiger partial charge on any atom is -0.497 e. The van der Waals surface area contributed by atoms with Crippen LogP contribution in [0, 0.1) is 0 Å². The standard InChI is InChI=1S/C20H22N4O3/c1-21-19(25)18-16-6-4-5-7-17(16)20(26)24(22-18)13-23(2)12-14-8-10-15(27-3)11-9-14/h4-11H,12-13H2,1-3H3,(H,21,25). The number of rotatable bonds is 6. The number of nitrogens with zero attached hydrogens (tertiary/aromatic N) is 3. The highest BCUT2D eigenvalue weighted by Gasteiger charge is 2.16. The number of hydrogen-bond donors (Lipinski definition) is 1. The van der Waals surface area contributed by atoms with E-state index in [1.807, 2.05) is 36.2 Å². The molecule has 0 radical (unpaired) electrons. The van der Waals surface area contributed by atoms with Crippen LogP contribution in [0.2, 0.25) is 0 Å². The molecular weight excluding hydrogens is 344 g/mol. The van der Waals surface area contributed by atoms with E-state index in [0.29, 0.717) is 17.3 Å². The second-order valence-corrected chi connectivity index (χ2v) is 6.28. The molecule has 0 aliphatic rings. The van der Waals surface area contributed by atoms with Crippen molar-refractivity contribution in [2.24, 2.45) is 0 Å². The van der Waals surface area contributed by atoms with Crippen LogP contribution in [0.15, 0.2) is 53.3 Å². The first-order valence-corrected chi connectivity index (χ1v) is 8.57. The van der Waals surface area contributed by atoms with Crippen LogP contribution in [0.1, 0.15) is 16.1 Å². The van der Waals surface area contributed by atoms with E-state index in [1.54, 1.807) is 38.4 Å². The van der Waals surface area contributed by atoms with Crippen molar-refractivity contribution in [3.05, 3.63) is 70.1 Å². The van der Waals surface area contributed by atoms with Crippen molar-refractivity contribution in [1.82, 2.24) is 20.0 Å². The van der Waals surface area contributed by atoms with Gasteiger partial charge in [0.1, 0.15) is 5.75 Å². The second-order valence-electron chi connectivity index (χ2n) is 6.28. The Bertz CT molecular complexity index is 1010. The third-order valence-electron chi connectivity index (χ3n) is 4.30. The molecule has 0 atom stereocenters. The highest BCUT2D eigenvalue weighted by molar-refractivity contribution is 6.04. The van der Waals surface area contributed by atoms with Gasteiger partial charge in [-0.3, -0.25) is 14.5 Å². The summed E-state index contributed by atoms with van der Waals surface area (Å²) in [5.41, 5.74) is 1.10. The number of benzene rings is 2. The molecule has 1 aromatic heterocycles. The van der Waals surface area contributed by atoms with E-state index in [9.17, 15) is 9.59 Å². The summed E-state index contributed by atoms with van der Waals surface area (Å²) in [6.07, 6.45) is 0. The van der Waals surface area contributed by atoms with Crippen molar-refractivity contribution in [3.8, 4) is 5.75 Å². The molecule has 0 saturated carbocycles. The molecule has 1 N–H and O–H groups in total. The lowest BCUT2D eigenvalue weighted by atomic mass is 10.1. The van der Waals surface area contributed by atoms with Gasteiger partial charge < -0.3 is 10.1 Å². The van der Waals surface area contributed by atoms with Crippen molar-refractivity contribution in [1.29, 1.82) is 0 Å². The number of amides is 1. The Morgan fingerprint density at radius 2 is 1.81 bits per heavy atom. The summed E-state index contributed by atoms with van der Waals surface area (Å²) in [6, 6.07) is 14.8. The summed E-state index contributed by atoms with van der Waals surface area (Å²) >= 11 is 0. The minimum atomic E-state index is -0.322. The molecule has 0 saturated heterocycles. The molecule has 3 rings (SSSR count). The van der Waals surface area contributed by atoms with Gasteiger partial charge in [0.25, 0.3) is 11.5 Å². The van der Waals surface area contributed by atoms with E-state index in [1.165, 1.54) is 4.68 Å². The molecule has 140 valence electrons. The van der Waals surface area contributed by atoms with E-state index in [2.05, 4.69) is 10.4 Å². The van der Waals surface area contributed by atoms with E-state index in [-0.39, 0.29) is 23.8 Å². The van der Waals surface area contributed by atoms with Crippen molar-refractivity contribution in [2.45, 2.75) is 13.2 Å². The summed E-state index contributed by atoms with van der Waals surface area (Å²) in [6.45, 7) is 0.889. The predicted octanol–water partition coefficient (Wildman–Crippen LogP) is 1.85. The average molecular weight is 366 g/mol. The van der Waals surface area contributed by atoms with E-state index >= 15 is 0 Å². The molecule has 7 nitrogen and oxygen atoms in total. The number of nitrogens with one attached hydrogen (secondary N) is 1. The van der Waals surface area contributed by atoms with Crippen LogP contribution in [0.3, 0.4) is 0 Å². The van der Waals surface area contributed by atoms with Crippen LogP contribution in [0.5, 0.6) is 5.75 Å². The average Bonchev–Trinajstić information content (AvgIpc) is 2.70. The van der Waals surface area contributed by atoms with Crippen LogP contribution >= 0.6 is 0 Å². The van der Waals surface area contributed by atoms with Gasteiger partial charge in [-0.1, -0.05) is 30.3 Å². The quantitative estimate of drug-likeness (QED) is 0.721. The van der Waals surface area contributed by atoms with Gasteiger partial charge in [-0.05, 0) is 30.8 Å². The molecule has 3 aromatic rings. The van der Waals surface area contributed by atoms with E-state index in [0.717, 1.165) is 11.3 Å². The Balaban J connectivity index is 1.90. The Labute approximate surface area is 157 Å². The normalized spacial score (nSPS) is 11.0. The fraction of sp³-hybridized carbons (Fsp3) is 0.250. The van der Waals surface area contributed by atoms with E-state index < -0.39 is 0 Å². The first-order valence-electron chi connectivity index (χ1n) is 8.57. The Morgan fingerprint density at radius 3 is 2.44 bits per heavy atom. The number of carbonyl (C=O) groups excluding carboxylic acids is 1. The van der Waals surface area contributed by atoms with Gasteiger partial charge in [0.2, 0.25) is 0 Å². The van der Waals surface area contributed by atoms with Gasteiger partial charge in [0.05, 0.1) is 19.2 Å². The van der Waals surface area contributed by atoms with Gasteiger partial charge in [0, 0.05) is 19.0 Å². The van der Waals surface area contributed by atoms with Crippen molar-refractivity contribution in [2.75, 3.05) is 21.2 Å². The molecular formula is C20H22N4O3. The van der Waals surface area contributed by atoms with Crippen LogP contribution in [-0.2, 0) is 13.2 Å². The van der Waals surface area contributed by atoms with Gasteiger partial charge in [-0.2, -0.15) is 5.10 Å². The van der Waals surface area contributed by atoms with Gasteiger partial charge >= 0.3 is 0 Å². The lowest BCUT2D eigenvalue weighted by Crippen LogP contribution is -2.34. The molecule has 1 amide bonds. The Morgan fingerprint density at radius 1 is 1.15 bits per heavy atom. The topological polar surface area (TPSA) is 76.5 Å². The highest BCUT2D eigenvalue weighted by atomic mass is 16.5. The smallest absolute Gasteiger partial charge is 0.275 e. The zero-order valence-corrected chi connectivity index (χ0v) is 15.6. The molecule has 0 aliphatic carbocycles. The van der Waals surface area contributed by atoms with Crippen molar-refractivity contribution >= 4 is 16.7 Å². The first-order chi connectivity index (χ1) is 13.0. The summed E-state index contributed by atoms with van der Waals surface area (Å²) < 4.78 is 6.50. The van der Waals surface area contributed by atoms with E-state index in [4.69, 9.17) is 4.74 Å². The molecule has 27 heavy (non-hydrogen) atoms. The monoisotopic (exact) mass is 366 g/mol. The zero-order valence-electron chi connectivity index (χ0n) is 15.6. The number of aromatic nitrogens is 2. The largest absolute Gasteiger partial charge is 0.497 e.